The average molecular weight is 335 g/mol. The molecule has 6 nitrogen and oxygen atoms in total. The van der Waals surface area contributed by atoms with Crippen LogP contribution in [-0.4, -0.2) is 33.6 Å². The highest BCUT2D eigenvalue weighted by molar-refractivity contribution is 5.95. The Morgan fingerprint density at radius 1 is 1.28 bits per heavy atom. The molecular weight excluding hydrogens is 314 g/mol. The Kier molecular flexibility index (Phi) is 4.00. The van der Waals surface area contributed by atoms with E-state index in [2.05, 4.69) is 25.7 Å². The number of benzene rings is 1. The molecule has 0 spiro atoms. The Morgan fingerprint density at radius 3 is 2.96 bits per heavy atom. The van der Waals surface area contributed by atoms with Crippen LogP contribution in [0.4, 0.5) is 5.69 Å². The maximum atomic E-state index is 11.7. The molecule has 0 aliphatic carbocycles. The molecule has 25 heavy (non-hydrogen) atoms. The summed E-state index contributed by atoms with van der Waals surface area (Å²) in [5.74, 6) is 2.53. The number of carbonyl (C=O) groups is 1. The van der Waals surface area contributed by atoms with Crippen LogP contribution in [0.3, 0.4) is 0 Å². The molecule has 1 fully saturated rings. The van der Waals surface area contributed by atoms with E-state index in [-0.39, 0.29) is 5.78 Å². The van der Waals surface area contributed by atoms with Gasteiger partial charge in [0.1, 0.15) is 17.7 Å². The summed E-state index contributed by atoms with van der Waals surface area (Å²) in [5.41, 5.74) is 2.14. The second-order valence-corrected chi connectivity index (χ2v) is 6.91. The van der Waals surface area contributed by atoms with E-state index in [0.29, 0.717) is 17.0 Å². The lowest BCUT2D eigenvalue weighted by molar-refractivity contribution is 0.101. The van der Waals surface area contributed by atoms with Crippen LogP contribution in [0.5, 0.6) is 0 Å². The second kappa shape index (κ2) is 6.32. The molecule has 0 bridgehead atoms. The Hall–Kier alpha value is -2.68. The molecule has 0 saturated carbocycles. The fraction of sp³-hybridized carbons (Fsp3) is 0.474. The first-order valence-corrected chi connectivity index (χ1v) is 8.89. The minimum Gasteiger partial charge on any atom is -0.370 e. The van der Waals surface area contributed by atoms with Gasteiger partial charge < -0.3 is 9.47 Å². The molecule has 1 aromatic heterocycles. The van der Waals surface area contributed by atoms with E-state index in [1.165, 1.54) is 0 Å². The number of rotatable bonds is 3. The van der Waals surface area contributed by atoms with Crippen molar-refractivity contribution in [1.82, 2.24) is 14.8 Å². The summed E-state index contributed by atoms with van der Waals surface area (Å²) in [5, 5.41) is 18.3. The molecule has 1 saturated heterocycles. The molecular formula is C19H21N5O. The fourth-order valence-corrected chi connectivity index (χ4v) is 3.99. The van der Waals surface area contributed by atoms with Gasteiger partial charge in [0.25, 0.3) is 0 Å². The number of ketones is 1. The first-order chi connectivity index (χ1) is 12.2. The predicted octanol–water partition coefficient (Wildman–Crippen LogP) is 2.68. The van der Waals surface area contributed by atoms with Gasteiger partial charge in [0, 0.05) is 37.5 Å². The van der Waals surface area contributed by atoms with Crippen molar-refractivity contribution in [1.29, 1.82) is 5.26 Å². The minimum atomic E-state index is 0.0228. The van der Waals surface area contributed by atoms with Crippen LogP contribution in [0.25, 0.3) is 0 Å². The maximum Gasteiger partial charge on any atom is 0.159 e. The number of aryl methyl sites for hydroxylation is 1. The van der Waals surface area contributed by atoms with Crippen molar-refractivity contribution in [2.75, 3.05) is 18.0 Å². The van der Waals surface area contributed by atoms with E-state index in [1.807, 2.05) is 6.07 Å². The van der Waals surface area contributed by atoms with Gasteiger partial charge in [0.15, 0.2) is 5.78 Å². The molecule has 2 aliphatic heterocycles. The van der Waals surface area contributed by atoms with E-state index in [4.69, 9.17) is 0 Å². The van der Waals surface area contributed by atoms with Gasteiger partial charge in [-0.3, -0.25) is 4.79 Å². The van der Waals surface area contributed by atoms with Crippen LogP contribution >= 0.6 is 0 Å². The van der Waals surface area contributed by atoms with Crippen LogP contribution in [0.15, 0.2) is 18.2 Å². The monoisotopic (exact) mass is 335 g/mol. The summed E-state index contributed by atoms with van der Waals surface area (Å²) in [6.07, 6.45) is 4.29. The molecule has 6 heteroatoms. The molecule has 1 atom stereocenters. The van der Waals surface area contributed by atoms with E-state index < -0.39 is 0 Å². The number of anilines is 1. The third-order valence-corrected chi connectivity index (χ3v) is 5.29. The van der Waals surface area contributed by atoms with Gasteiger partial charge in [-0.25, -0.2) is 0 Å². The summed E-state index contributed by atoms with van der Waals surface area (Å²) in [6, 6.07) is 7.61. The van der Waals surface area contributed by atoms with Gasteiger partial charge in [-0.2, -0.15) is 5.26 Å². The highest BCUT2D eigenvalue weighted by atomic mass is 16.1. The number of aromatic nitrogens is 3. The Labute approximate surface area is 147 Å². The number of nitrogens with zero attached hydrogens (tertiary/aromatic N) is 5. The minimum absolute atomic E-state index is 0.0228. The number of Topliss-reactive ketones (excluding diaryl/α,β-unsaturated/α-hetero) is 1. The average Bonchev–Trinajstić information content (AvgIpc) is 3.24. The van der Waals surface area contributed by atoms with Gasteiger partial charge in [-0.15, -0.1) is 10.2 Å². The number of fused-ring (bicyclic) bond motifs is 1. The number of nitriles is 1. The number of hydrogen-bond donors (Lipinski definition) is 0. The SMILES string of the molecule is CC(=O)c1ccc(C#N)c(N2CCCC(c3nnc4n3CCC4)C2)c1. The summed E-state index contributed by atoms with van der Waals surface area (Å²) < 4.78 is 2.27. The third kappa shape index (κ3) is 2.80. The standard InChI is InChI=1S/C19H21N5O/c1-13(25)14-6-7-15(11-20)17(10-14)23-8-2-4-16(12-23)19-22-21-18-5-3-9-24(18)19/h6-7,10,16H,2-5,8-9,12H2,1H3. The Bertz CT molecular complexity index is 863. The zero-order valence-electron chi connectivity index (χ0n) is 14.4. The highest BCUT2D eigenvalue weighted by Gasteiger charge is 2.29. The second-order valence-electron chi connectivity index (χ2n) is 6.91. The quantitative estimate of drug-likeness (QED) is 0.806. The van der Waals surface area contributed by atoms with E-state index in [9.17, 15) is 10.1 Å². The normalized spacial score (nSPS) is 19.5. The Morgan fingerprint density at radius 2 is 2.16 bits per heavy atom. The Balaban J connectivity index is 1.64. The molecule has 0 N–H and O–H groups in total. The lowest BCUT2D eigenvalue weighted by atomic mass is 9.95. The van der Waals surface area contributed by atoms with Crippen molar-refractivity contribution in [3.05, 3.63) is 41.0 Å². The molecule has 128 valence electrons. The summed E-state index contributed by atoms with van der Waals surface area (Å²) >= 11 is 0. The van der Waals surface area contributed by atoms with Crippen molar-refractivity contribution in [2.24, 2.45) is 0 Å². The number of hydrogen-bond acceptors (Lipinski definition) is 5. The molecule has 2 aromatic rings. The zero-order chi connectivity index (χ0) is 17.4. The number of piperidine rings is 1. The third-order valence-electron chi connectivity index (χ3n) is 5.29. The van der Waals surface area contributed by atoms with Gasteiger partial charge in [0.05, 0.1) is 11.3 Å². The summed E-state index contributed by atoms with van der Waals surface area (Å²) in [7, 11) is 0. The van der Waals surface area contributed by atoms with Crippen LogP contribution in [0.2, 0.25) is 0 Å². The van der Waals surface area contributed by atoms with Gasteiger partial charge in [-0.1, -0.05) is 0 Å². The summed E-state index contributed by atoms with van der Waals surface area (Å²) in [4.78, 5) is 14.0. The van der Waals surface area contributed by atoms with Crippen LogP contribution in [-0.2, 0) is 13.0 Å². The molecule has 0 radical (unpaired) electrons. The molecule has 2 aliphatic rings. The fourth-order valence-electron chi connectivity index (χ4n) is 3.99. The largest absolute Gasteiger partial charge is 0.370 e. The first-order valence-electron chi connectivity index (χ1n) is 8.89. The van der Waals surface area contributed by atoms with E-state index in [0.717, 1.165) is 62.7 Å². The lowest BCUT2D eigenvalue weighted by Gasteiger charge is -2.34. The topological polar surface area (TPSA) is 74.8 Å². The molecule has 1 unspecified atom stereocenters. The van der Waals surface area contributed by atoms with Crippen molar-refractivity contribution in [3.8, 4) is 6.07 Å². The molecule has 4 rings (SSSR count). The van der Waals surface area contributed by atoms with Crippen molar-refractivity contribution >= 4 is 11.5 Å². The number of carbonyl (C=O) groups excluding carboxylic acids is 1. The molecule has 1 aromatic carbocycles. The molecule has 0 amide bonds. The molecule has 3 heterocycles. The summed E-state index contributed by atoms with van der Waals surface area (Å²) in [6.45, 7) is 4.28. The van der Waals surface area contributed by atoms with Crippen LogP contribution in [0, 0.1) is 11.3 Å². The van der Waals surface area contributed by atoms with Crippen molar-refractivity contribution in [2.45, 2.75) is 45.1 Å². The first kappa shape index (κ1) is 15.8. The van der Waals surface area contributed by atoms with Crippen LogP contribution in [0.1, 0.15) is 59.7 Å². The predicted molar refractivity (Wildman–Crippen MR) is 93.7 cm³/mol. The van der Waals surface area contributed by atoms with E-state index in [1.54, 1.807) is 19.1 Å². The van der Waals surface area contributed by atoms with Crippen molar-refractivity contribution < 1.29 is 4.79 Å². The van der Waals surface area contributed by atoms with Crippen LogP contribution < -0.4 is 4.90 Å². The van der Waals surface area contributed by atoms with Crippen molar-refractivity contribution in [3.63, 3.8) is 0 Å². The van der Waals surface area contributed by atoms with Gasteiger partial charge in [-0.05, 0) is 44.4 Å². The van der Waals surface area contributed by atoms with Gasteiger partial charge in [0.2, 0.25) is 0 Å². The zero-order valence-corrected chi connectivity index (χ0v) is 14.4. The smallest absolute Gasteiger partial charge is 0.159 e. The van der Waals surface area contributed by atoms with Gasteiger partial charge >= 0.3 is 0 Å². The lowest BCUT2D eigenvalue weighted by Crippen LogP contribution is -2.36. The van der Waals surface area contributed by atoms with E-state index >= 15 is 0 Å². The highest BCUT2D eigenvalue weighted by Crippen LogP contribution is 2.32. The maximum absolute atomic E-state index is 11.7.